The number of anilines is 1. The molecule has 3 nitrogen and oxygen atoms in total. The number of fused-ring (bicyclic) bond motifs is 1. The molecule has 2 aromatic carbocycles. The van der Waals surface area contributed by atoms with Gasteiger partial charge in [0.05, 0.1) is 17.2 Å². The molecule has 4 heteroatoms. The van der Waals surface area contributed by atoms with E-state index < -0.39 is 0 Å². The lowest BCUT2D eigenvalue weighted by atomic mass is 10.1. The summed E-state index contributed by atoms with van der Waals surface area (Å²) in [7, 11) is 0. The number of hydrogen-bond donors (Lipinski definition) is 1. The normalized spacial score (nSPS) is 10.7. The highest BCUT2D eigenvalue weighted by Gasteiger charge is 2.01. The van der Waals surface area contributed by atoms with Crippen molar-refractivity contribution in [2.45, 2.75) is 6.42 Å². The second kappa shape index (κ2) is 5.65. The minimum absolute atomic E-state index is 0.168. The third-order valence-corrected chi connectivity index (χ3v) is 3.11. The lowest BCUT2D eigenvalue weighted by Gasteiger charge is -2.07. The van der Waals surface area contributed by atoms with E-state index in [0.29, 0.717) is 24.3 Å². The van der Waals surface area contributed by atoms with Crippen LogP contribution >= 0.6 is 0 Å². The Kier molecular flexibility index (Phi) is 3.54. The number of halogens is 1. The van der Waals surface area contributed by atoms with Crippen LogP contribution in [0.25, 0.3) is 11.0 Å². The molecule has 0 atom stereocenters. The summed E-state index contributed by atoms with van der Waals surface area (Å²) in [6.07, 6.45) is 2.31. The molecule has 0 bridgehead atoms. The second-order valence-corrected chi connectivity index (χ2v) is 4.51. The van der Waals surface area contributed by atoms with E-state index in [1.54, 1.807) is 18.3 Å². The van der Waals surface area contributed by atoms with E-state index in [9.17, 15) is 4.39 Å². The van der Waals surface area contributed by atoms with Crippen molar-refractivity contribution in [3.05, 3.63) is 66.1 Å². The van der Waals surface area contributed by atoms with Crippen LogP contribution in [-0.2, 0) is 6.42 Å². The maximum Gasteiger partial charge on any atom is 0.145 e. The van der Waals surface area contributed by atoms with Crippen LogP contribution in [0.3, 0.4) is 0 Å². The predicted molar refractivity (Wildman–Crippen MR) is 78.1 cm³/mol. The van der Waals surface area contributed by atoms with E-state index in [4.69, 9.17) is 0 Å². The highest BCUT2D eigenvalue weighted by Crippen LogP contribution is 2.12. The van der Waals surface area contributed by atoms with Crippen molar-refractivity contribution in [3.8, 4) is 0 Å². The van der Waals surface area contributed by atoms with Crippen molar-refractivity contribution in [1.29, 1.82) is 0 Å². The summed E-state index contributed by atoms with van der Waals surface area (Å²) in [6.45, 7) is 0.619. The summed E-state index contributed by atoms with van der Waals surface area (Å²) in [6, 6.07) is 14.5. The summed E-state index contributed by atoms with van der Waals surface area (Å²) < 4.78 is 13.5. The Labute approximate surface area is 116 Å². The number of hydrogen-bond acceptors (Lipinski definition) is 3. The largest absolute Gasteiger partial charge is 0.368 e. The highest BCUT2D eigenvalue weighted by molar-refractivity contribution is 5.75. The molecule has 3 aromatic rings. The molecule has 3 rings (SSSR count). The smallest absolute Gasteiger partial charge is 0.145 e. The van der Waals surface area contributed by atoms with Crippen molar-refractivity contribution in [1.82, 2.24) is 9.97 Å². The van der Waals surface area contributed by atoms with Gasteiger partial charge in [-0.2, -0.15) is 0 Å². The Morgan fingerprint density at radius 3 is 2.55 bits per heavy atom. The molecule has 100 valence electrons. The van der Waals surface area contributed by atoms with Crippen molar-refractivity contribution >= 4 is 16.9 Å². The molecule has 0 aliphatic rings. The number of nitrogens with one attached hydrogen (secondary N) is 1. The molecule has 0 saturated carbocycles. The van der Waals surface area contributed by atoms with Gasteiger partial charge in [-0.3, -0.25) is 4.98 Å². The molecule has 0 saturated heterocycles. The second-order valence-electron chi connectivity index (χ2n) is 4.51. The minimum atomic E-state index is -0.168. The Hall–Kier alpha value is -2.49. The van der Waals surface area contributed by atoms with Gasteiger partial charge in [-0.05, 0) is 30.2 Å². The fraction of sp³-hybridized carbons (Fsp3) is 0.125. The van der Waals surface area contributed by atoms with E-state index in [1.165, 1.54) is 6.07 Å². The molecule has 20 heavy (non-hydrogen) atoms. The molecule has 0 amide bonds. The van der Waals surface area contributed by atoms with Gasteiger partial charge >= 0.3 is 0 Å². The van der Waals surface area contributed by atoms with E-state index in [0.717, 1.165) is 11.0 Å². The third-order valence-electron chi connectivity index (χ3n) is 3.11. The molecule has 1 heterocycles. The molecule has 1 aromatic heterocycles. The topological polar surface area (TPSA) is 37.8 Å². The van der Waals surface area contributed by atoms with Crippen LogP contribution in [0.4, 0.5) is 10.2 Å². The van der Waals surface area contributed by atoms with E-state index in [1.807, 2.05) is 30.3 Å². The Morgan fingerprint density at radius 1 is 0.950 bits per heavy atom. The SMILES string of the molecule is Fc1ccccc1CCNc1cnc2ccccc2n1. The van der Waals surface area contributed by atoms with Crippen LogP contribution < -0.4 is 5.32 Å². The lowest BCUT2D eigenvalue weighted by molar-refractivity contribution is 0.610. The molecule has 0 unspecified atom stereocenters. The Balaban J connectivity index is 1.67. The fourth-order valence-corrected chi connectivity index (χ4v) is 2.07. The average molecular weight is 267 g/mol. The van der Waals surface area contributed by atoms with Crippen molar-refractivity contribution in [2.75, 3.05) is 11.9 Å². The molecule has 0 radical (unpaired) electrons. The summed E-state index contributed by atoms with van der Waals surface area (Å²) in [4.78, 5) is 8.79. The number of benzene rings is 2. The quantitative estimate of drug-likeness (QED) is 0.787. The van der Waals surface area contributed by atoms with Crippen LogP contribution in [0.1, 0.15) is 5.56 Å². The molecule has 1 N–H and O–H groups in total. The van der Waals surface area contributed by atoms with E-state index in [2.05, 4.69) is 15.3 Å². The van der Waals surface area contributed by atoms with Gasteiger partial charge < -0.3 is 5.32 Å². The maximum absolute atomic E-state index is 13.5. The number of para-hydroxylation sites is 2. The van der Waals surface area contributed by atoms with Crippen LogP contribution in [0, 0.1) is 5.82 Å². The van der Waals surface area contributed by atoms with Crippen LogP contribution in [0.5, 0.6) is 0 Å². The minimum Gasteiger partial charge on any atom is -0.368 e. The maximum atomic E-state index is 13.5. The number of nitrogens with zero attached hydrogens (tertiary/aromatic N) is 2. The first-order chi connectivity index (χ1) is 9.83. The van der Waals surface area contributed by atoms with Crippen LogP contribution in [0.15, 0.2) is 54.7 Å². The fourth-order valence-electron chi connectivity index (χ4n) is 2.07. The van der Waals surface area contributed by atoms with Crippen molar-refractivity contribution < 1.29 is 4.39 Å². The molecule has 0 aliphatic heterocycles. The third kappa shape index (κ3) is 2.74. The first-order valence-corrected chi connectivity index (χ1v) is 6.52. The zero-order valence-corrected chi connectivity index (χ0v) is 10.9. The molecule has 0 aliphatic carbocycles. The zero-order chi connectivity index (χ0) is 13.8. The monoisotopic (exact) mass is 267 g/mol. The highest BCUT2D eigenvalue weighted by atomic mass is 19.1. The Morgan fingerprint density at radius 2 is 1.70 bits per heavy atom. The van der Waals surface area contributed by atoms with Crippen molar-refractivity contribution in [3.63, 3.8) is 0 Å². The first-order valence-electron chi connectivity index (χ1n) is 6.52. The molecule has 0 spiro atoms. The van der Waals surface area contributed by atoms with Gasteiger partial charge in [-0.1, -0.05) is 30.3 Å². The van der Waals surface area contributed by atoms with Crippen molar-refractivity contribution in [2.24, 2.45) is 0 Å². The van der Waals surface area contributed by atoms with Crippen LogP contribution in [-0.4, -0.2) is 16.5 Å². The zero-order valence-electron chi connectivity index (χ0n) is 10.9. The van der Waals surface area contributed by atoms with Gasteiger partial charge in [0, 0.05) is 6.54 Å². The molecule has 0 fully saturated rings. The van der Waals surface area contributed by atoms with Gasteiger partial charge in [0.25, 0.3) is 0 Å². The number of aromatic nitrogens is 2. The van der Waals surface area contributed by atoms with Gasteiger partial charge in [-0.15, -0.1) is 0 Å². The summed E-state index contributed by atoms with van der Waals surface area (Å²) in [5.41, 5.74) is 2.42. The number of rotatable bonds is 4. The van der Waals surface area contributed by atoms with Gasteiger partial charge in [-0.25, -0.2) is 9.37 Å². The summed E-state index contributed by atoms with van der Waals surface area (Å²) in [5.74, 6) is 0.541. The van der Waals surface area contributed by atoms with Gasteiger partial charge in [0.2, 0.25) is 0 Å². The molecular weight excluding hydrogens is 253 g/mol. The Bertz CT molecular complexity index is 727. The van der Waals surface area contributed by atoms with E-state index >= 15 is 0 Å². The predicted octanol–water partition coefficient (Wildman–Crippen LogP) is 3.42. The summed E-state index contributed by atoms with van der Waals surface area (Å²) in [5, 5.41) is 3.17. The van der Waals surface area contributed by atoms with Gasteiger partial charge in [0.1, 0.15) is 11.6 Å². The van der Waals surface area contributed by atoms with E-state index in [-0.39, 0.29) is 5.82 Å². The van der Waals surface area contributed by atoms with Gasteiger partial charge in [0.15, 0.2) is 0 Å². The first kappa shape index (κ1) is 12.5. The van der Waals surface area contributed by atoms with Crippen LogP contribution in [0.2, 0.25) is 0 Å². The standard InChI is InChI=1S/C16H14FN3/c17-13-6-2-1-5-12(13)9-10-18-16-11-19-14-7-3-4-8-15(14)20-16/h1-8,11H,9-10H2,(H,18,20). The average Bonchev–Trinajstić information content (AvgIpc) is 2.49. The summed E-state index contributed by atoms with van der Waals surface area (Å²) >= 11 is 0. The molecular formula is C16H14FN3. The lowest BCUT2D eigenvalue weighted by Crippen LogP contribution is -2.07.